The van der Waals surface area contributed by atoms with Gasteiger partial charge in [-0.1, -0.05) is 35.7 Å². The van der Waals surface area contributed by atoms with Crippen molar-refractivity contribution in [2.24, 2.45) is 5.92 Å². The van der Waals surface area contributed by atoms with Gasteiger partial charge in [-0.3, -0.25) is 0 Å². The molecular formula is C15H20BrNO2. The number of carboxylic acids is 1. The molecule has 1 aliphatic heterocycles. The molecule has 1 aromatic carbocycles. The van der Waals surface area contributed by atoms with Crippen molar-refractivity contribution in [1.82, 2.24) is 0 Å². The lowest BCUT2D eigenvalue weighted by Crippen LogP contribution is -2.34. The van der Waals surface area contributed by atoms with Crippen LogP contribution in [0.15, 0.2) is 22.7 Å². The molecule has 1 N–H and O–H groups in total. The van der Waals surface area contributed by atoms with E-state index >= 15 is 0 Å². The zero-order chi connectivity index (χ0) is 13.8. The molecule has 19 heavy (non-hydrogen) atoms. The number of carboxylic acid groups (broad SMARTS) is 1. The van der Waals surface area contributed by atoms with E-state index in [2.05, 4.69) is 27.8 Å². The van der Waals surface area contributed by atoms with Gasteiger partial charge in [0.15, 0.2) is 0 Å². The molecule has 0 aliphatic carbocycles. The summed E-state index contributed by atoms with van der Waals surface area (Å²) in [4.78, 5) is 13.5. The number of halogens is 1. The summed E-state index contributed by atoms with van der Waals surface area (Å²) in [6.45, 7) is 4.16. The first-order valence-corrected chi connectivity index (χ1v) is 7.69. The third-order valence-corrected chi connectivity index (χ3v) is 4.33. The molecule has 104 valence electrons. The van der Waals surface area contributed by atoms with Gasteiger partial charge >= 0.3 is 5.97 Å². The highest BCUT2D eigenvalue weighted by atomic mass is 79.9. The smallest absolute Gasteiger partial charge is 0.337 e. The molecule has 1 fully saturated rings. The number of rotatable bonds is 4. The standard InChI is InChI=1S/C15H20BrNO2/c1-2-3-11-6-8-17(9-7-11)14-5-4-12(16)10-13(14)15(18)19/h4-5,10-11H,2-3,6-9H2,1H3,(H,18,19). The number of aromatic carboxylic acids is 1. The molecular weight excluding hydrogens is 306 g/mol. The minimum atomic E-state index is -0.855. The molecule has 3 nitrogen and oxygen atoms in total. The lowest BCUT2D eigenvalue weighted by Gasteiger charge is -2.34. The highest BCUT2D eigenvalue weighted by Crippen LogP contribution is 2.30. The predicted octanol–water partition coefficient (Wildman–Crippen LogP) is 4.16. The van der Waals surface area contributed by atoms with E-state index in [-0.39, 0.29) is 0 Å². The molecule has 0 spiro atoms. The van der Waals surface area contributed by atoms with Gasteiger partial charge in [0, 0.05) is 17.6 Å². The Labute approximate surface area is 122 Å². The third kappa shape index (κ3) is 3.50. The molecule has 4 heteroatoms. The van der Waals surface area contributed by atoms with Crippen LogP contribution in [-0.2, 0) is 0 Å². The second kappa shape index (κ2) is 6.42. The summed E-state index contributed by atoms with van der Waals surface area (Å²) in [5.74, 6) is -0.0445. The zero-order valence-corrected chi connectivity index (χ0v) is 12.8. The maximum atomic E-state index is 11.3. The topological polar surface area (TPSA) is 40.5 Å². The Kier molecular flexibility index (Phi) is 4.86. The van der Waals surface area contributed by atoms with Crippen LogP contribution in [0.1, 0.15) is 43.0 Å². The number of carbonyl (C=O) groups is 1. The Morgan fingerprint density at radius 3 is 2.68 bits per heavy atom. The van der Waals surface area contributed by atoms with Gasteiger partial charge in [0.2, 0.25) is 0 Å². The average Bonchev–Trinajstić information content (AvgIpc) is 2.40. The van der Waals surface area contributed by atoms with Crippen LogP contribution in [0.5, 0.6) is 0 Å². The maximum absolute atomic E-state index is 11.3. The lowest BCUT2D eigenvalue weighted by molar-refractivity contribution is 0.0697. The van der Waals surface area contributed by atoms with Crippen molar-refractivity contribution in [2.75, 3.05) is 18.0 Å². The Hall–Kier alpha value is -1.03. The molecule has 1 heterocycles. The number of piperidine rings is 1. The van der Waals surface area contributed by atoms with Crippen LogP contribution in [0, 0.1) is 5.92 Å². The van der Waals surface area contributed by atoms with Gasteiger partial charge in [0.05, 0.1) is 11.3 Å². The number of hydrogen-bond donors (Lipinski definition) is 1. The molecule has 0 aromatic heterocycles. The Morgan fingerprint density at radius 1 is 1.42 bits per heavy atom. The van der Waals surface area contributed by atoms with Gasteiger partial charge in [-0.25, -0.2) is 4.79 Å². The van der Waals surface area contributed by atoms with Crippen molar-refractivity contribution in [3.05, 3.63) is 28.2 Å². The molecule has 1 saturated heterocycles. The number of benzene rings is 1. The van der Waals surface area contributed by atoms with Crippen molar-refractivity contribution in [1.29, 1.82) is 0 Å². The van der Waals surface area contributed by atoms with Gasteiger partial charge < -0.3 is 10.0 Å². The quantitative estimate of drug-likeness (QED) is 0.903. The molecule has 0 radical (unpaired) electrons. The molecule has 1 aliphatic rings. The SMILES string of the molecule is CCCC1CCN(c2ccc(Br)cc2C(=O)O)CC1. The second-order valence-corrected chi connectivity index (χ2v) is 6.10. The molecule has 0 unspecified atom stereocenters. The fourth-order valence-electron chi connectivity index (χ4n) is 2.83. The first-order chi connectivity index (χ1) is 9.11. The van der Waals surface area contributed by atoms with Crippen LogP contribution in [0.3, 0.4) is 0 Å². The van der Waals surface area contributed by atoms with Crippen LogP contribution in [0.25, 0.3) is 0 Å². The summed E-state index contributed by atoms with van der Waals surface area (Å²) in [5.41, 5.74) is 1.24. The van der Waals surface area contributed by atoms with Crippen LogP contribution in [0.2, 0.25) is 0 Å². The second-order valence-electron chi connectivity index (χ2n) is 5.19. The van der Waals surface area contributed by atoms with Gasteiger partial charge in [-0.05, 0) is 37.0 Å². The zero-order valence-electron chi connectivity index (χ0n) is 11.2. The maximum Gasteiger partial charge on any atom is 0.337 e. The molecule has 0 bridgehead atoms. The summed E-state index contributed by atoms with van der Waals surface area (Å²) in [5, 5.41) is 9.31. The third-order valence-electron chi connectivity index (χ3n) is 3.84. The minimum Gasteiger partial charge on any atom is -0.478 e. The first kappa shape index (κ1) is 14.4. The minimum absolute atomic E-state index is 0.392. The largest absolute Gasteiger partial charge is 0.478 e. The Morgan fingerprint density at radius 2 is 2.11 bits per heavy atom. The summed E-state index contributed by atoms with van der Waals surface area (Å²) in [6, 6.07) is 5.52. The monoisotopic (exact) mass is 325 g/mol. The number of nitrogens with zero attached hydrogens (tertiary/aromatic N) is 1. The van der Waals surface area contributed by atoms with Crippen LogP contribution < -0.4 is 4.90 Å². The molecule has 1 aromatic rings. The number of anilines is 1. The molecule has 0 atom stereocenters. The van der Waals surface area contributed by atoms with E-state index in [1.807, 2.05) is 12.1 Å². The highest BCUT2D eigenvalue weighted by Gasteiger charge is 2.22. The van der Waals surface area contributed by atoms with E-state index in [1.54, 1.807) is 6.07 Å². The number of hydrogen-bond acceptors (Lipinski definition) is 2. The lowest BCUT2D eigenvalue weighted by atomic mass is 9.92. The normalized spacial score (nSPS) is 16.6. The molecule has 2 rings (SSSR count). The van der Waals surface area contributed by atoms with Crippen molar-refractivity contribution in [3.8, 4) is 0 Å². The van der Waals surface area contributed by atoms with E-state index in [4.69, 9.17) is 0 Å². The fraction of sp³-hybridized carbons (Fsp3) is 0.533. The van der Waals surface area contributed by atoms with Crippen molar-refractivity contribution < 1.29 is 9.90 Å². The van der Waals surface area contributed by atoms with Crippen LogP contribution in [0.4, 0.5) is 5.69 Å². The summed E-state index contributed by atoms with van der Waals surface area (Å²) in [7, 11) is 0. The van der Waals surface area contributed by atoms with Crippen molar-refractivity contribution in [2.45, 2.75) is 32.6 Å². The summed E-state index contributed by atoms with van der Waals surface area (Å²) in [6.07, 6.45) is 4.87. The van der Waals surface area contributed by atoms with E-state index in [9.17, 15) is 9.90 Å². The van der Waals surface area contributed by atoms with Crippen molar-refractivity contribution >= 4 is 27.6 Å². The van der Waals surface area contributed by atoms with E-state index in [0.29, 0.717) is 5.56 Å². The van der Waals surface area contributed by atoms with Crippen LogP contribution in [-0.4, -0.2) is 24.2 Å². The molecule has 0 amide bonds. The summed E-state index contributed by atoms with van der Waals surface area (Å²) >= 11 is 3.34. The fourth-order valence-corrected chi connectivity index (χ4v) is 3.19. The highest BCUT2D eigenvalue weighted by molar-refractivity contribution is 9.10. The van der Waals surface area contributed by atoms with Gasteiger partial charge in [-0.2, -0.15) is 0 Å². The predicted molar refractivity (Wildman–Crippen MR) is 80.9 cm³/mol. The Bertz CT molecular complexity index is 453. The van der Waals surface area contributed by atoms with E-state index in [1.165, 1.54) is 25.7 Å². The van der Waals surface area contributed by atoms with Crippen molar-refractivity contribution in [3.63, 3.8) is 0 Å². The van der Waals surface area contributed by atoms with E-state index in [0.717, 1.165) is 29.2 Å². The van der Waals surface area contributed by atoms with Crippen LogP contribution >= 0.6 is 15.9 Å². The van der Waals surface area contributed by atoms with Gasteiger partial charge in [0.1, 0.15) is 0 Å². The average molecular weight is 326 g/mol. The Balaban J connectivity index is 2.13. The van der Waals surface area contributed by atoms with E-state index < -0.39 is 5.97 Å². The molecule has 0 saturated carbocycles. The van der Waals surface area contributed by atoms with Gasteiger partial charge in [-0.15, -0.1) is 0 Å². The summed E-state index contributed by atoms with van der Waals surface area (Å²) < 4.78 is 0.814. The van der Waals surface area contributed by atoms with Gasteiger partial charge in [0.25, 0.3) is 0 Å². The first-order valence-electron chi connectivity index (χ1n) is 6.89.